The molecule has 31 heteroatoms. The van der Waals surface area contributed by atoms with Gasteiger partial charge in [0, 0.05) is 85.8 Å². The molecule has 4 fully saturated rings. The van der Waals surface area contributed by atoms with Crippen LogP contribution in [0.4, 0.5) is 17.6 Å². The average molecular weight is 1440 g/mol. The molecule has 0 spiro atoms. The standard InChI is InChI=1S/C70H82F4N9O16PS/c1-8-80-29-28-45-18-21-54(83(45)65(92)52(37-80)78-62(89)56-35-43-34-44(17-23-55(43)101-56)70(73,74)100(95,98-38-96-66(93)68(2,3)4)99-39-97-67(94)69(5,6)7)61(88)76-50(20-24-57(75)84)59(86)77-51(33-41-16-19-48(71)49(72)32-41)64(91)81-30-26-40(27-31-81)12-9-10-13-42-14-11-15-46-47(42)36-82(63(46)90)53-22-25-58(85)79-60(53)87/h11,14-17,19,23,32,34-35,40,45,50,52-54H,8-9,12,18,20-22,24-31,33,36-39H2,1-7H3,(H2,75,84)(H,76,88)(H,78,89)(H,79,85,87)/t45-,50+,52+,53?,54+/m1/s1. The molecule has 9 rings (SSSR count). The van der Waals surface area contributed by atoms with Gasteiger partial charge in [0.2, 0.25) is 43.1 Å². The Balaban J connectivity index is 0.878. The lowest BCUT2D eigenvalue weighted by Gasteiger charge is -2.38. The van der Waals surface area contributed by atoms with Crippen LogP contribution < -0.4 is 21.7 Å². The Kier molecular flexibility index (Phi) is 24.3. The number of imide groups is 1. The Bertz CT molecular complexity index is 4040. The van der Waals surface area contributed by atoms with E-state index in [4.69, 9.17) is 24.3 Å². The molecule has 0 radical (unpaired) electrons. The van der Waals surface area contributed by atoms with Crippen LogP contribution in [0, 0.1) is 40.2 Å². The molecule has 542 valence electrons. The highest BCUT2D eigenvalue weighted by molar-refractivity contribution is 7.54. The SMILES string of the molecule is CCN1CC[C@H]2CC[C@@H](C(=O)N[C@@H](CCC(N)=O)C(=O)N=C(Cc3ccc(F)c(F)c3)C(=O)N3CCC(CCC#Cc4cccc5c4CN(C4CCC(=O)NC4=O)C5=O)CC3)N2C(=O)[C@@H](NC(=O)c2cc3cc(C(F)(F)P(=O)(OCOC(=O)C(C)(C)C)OCOC(=O)C(C)(C)C)ccc3s2)C1. The minimum atomic E-state index is -5.72. The van der Waals surface area contributed by atoms with Crippen molar-refractivity contribution in [2.75, 3.05) is 46.3 Å². The number of fused-ring (bicyclic) bond motifs is 3. The summed E-state index contributed by atoms with van der Waals surface area (Å²) >= 11 is 0.879. The molecule has 0 bridgehead atoms. The van der Waals surface area contributed by atoms with Crippen molar-refractivity contribution in [3.63, 3.8) is 0 Å². The van der Waals surface area contributed by atoms with Gasteiger partial charge in [0.05, 0.1) is 15.7 Å². The summed E-state index contributed by atoms with van der Waals surface area (Å²) in [6.45, 7) is 9.78. The van der Waals surface area contributed by atoms with E-state index in [1.807, 2.05) is 11.8 Å². The summed E-state index contributed by atoms with van der Waals surface area (Å²) in [6, 6.07) is 7.04. The maximum Gasteiger partial charge on any atom is 0.410 e. The van der Waals surface area contributed by atoms with Crippen LogP contribution in [0.3, 0.4) is 0 Å². The predicted octanol–water partition coefficient (Wildman–Crippen LogP) is 7.52. The van der Waals surface area contributed by atoms with Crippen LogP contribution >= 0.6 is 18.9 Å². The summed E-state index contributed by atoms with van der Waals surface area (Å²) in [7, 11) is -5.72. The number of benzene rings is 3. The minimum absolute atomic E-state index is 0.0286. The molecule has 25 nitrogen and oxygen atoms in total. The second-order valence-electron chi connectivity index (χ2n) is 27.7. The number of alkyl halides is 2. The summed E-state index contributed by atoms with van der Waals surface area (Å²) in [5.74, 6) is -3.79. The van der Waals surface area contributed by atoms with Crippen molar-refractivity contribution in [2.24, 2.45) is 27.5 Å². The number of carbonyl (C=O) groups is 11. The van der Waals surface area contributed by atoms with Gasteiger partial charge in [-0.1, -0.05) is 37.0 Å². The van der Waals surface area contributed by atoms with Crippen LogP contribution in [0.25, 0.3) is 10.1 Å². The van der Waals surface area contributed by atoms with E-state index < -0.39 is 158 Å². The molecule has 1 aromatic heterocycles. The fourth-order valence-corrected chi connectivity index (χ4v) is 14.7. The van der Waals surface area contributed by atoms with Crippen molar-refractivity contribution in [2.45, 2.75) is 168 Å². The first kappa shape index (κ1) is 76.4. The van der Waals surface area contributed by atoms with Crippen LogP contribution in [-0.4, -0.2) is 167 Å². The zero-order chi connectivity index (χ0) is 73.5. The number of likely N-dealkylation sites (tertiary alicyclic amines) is 1. The first-order valence-electron chi connectivity index (χ1n) is 33.4. The molecule has 5 N–H and O–H groups in total. The molecule has 4 saturated heterocycles. The number of nitrogens with zero attached hydrogens (tertiary/aromatic N) is 5. The molecule has 9 amide bonds. The van der Waals surface area contributed by atoms with Crippen LogP contribution in [-0.2, 0) is 84.9 Å². The van der Waals surface area contributed by atoms with E-state index in [-0.39, 0.29) is 84.7 Å². The zero-order valence-corrected chi connectivity index (χ0v) is 58.8. The van der Waals surface area contributed by atoms with Crippen LogP contribution in [0.1, 0.15) is 161 Å². The van der Waals surface area contributed by atoms with Gasteiger partial charge in [-0.25, -0.2) is 13.8 Å². The van der Waals surface area contributed by atoms with Crippen molar-refractivity contribution in [3.8, 4) is 11.8 Å². The number of hydrogen-bond acceptors (Lipinski definition) is 18. The number of rotatable bonds is 23. The lowest BCUT2D eigenvalue weighted by Crippen LogP contribution is -2.61. The van der Waals surface area contributed by atoms with E-state index in [9.17, 15) is 66.1 Å². The second kappa shape index (κ2) is 32.1. The third kappa shape index (κ3) is 18.3. The highest BCUT2D eigenvalue weighted by Gasteiger charge is 2.56. The minimum Gasteiger partial charge on any atom is -0.438 e. The molecular formula is C70H82F4N9O16PS. The molecule has 5 aliphatic heterocycles. The van der Waals surface area contributed by atoms with E-state index in [2.05, 4.69) is 32.8 Å². The number of amides is 9. The number of esters is 2. The first-order chi connectivity index (χ1) is 47.7. The predicted molar refractivity (Wildman–Crippen MR) is 359 cm³/mol. The topological polar surface area (TPSA) is 329 Å². The maximum absolute atomic E-state index is 16.6. The number of thiophene rings is 1. The number of piperidine rings is 2. The average Bonchev–Trinajstić information content (AvgIpc) is 1.76. The Morgan fingerprint density at radius 1 is 0.842 bits per heavy atom. The monoisotopic (exact) mass is 1440 g/mol. The number of likely N-dealkylation sites (N-methyl/N-ethyl adjacent to an activating group) is 1. The molecule has 5 atom stereocenters. The zero-order valence-electron chi connectivity index (χ0n) is 57.1. The second-order valence-corrected chi connectivity index (χ2v) is 30.8. The smallest absolute Gasteiger partial charge is 0.410 e. The molecule has 4 aromatic rings. The summed E-state index contributed by atoms with van der Waals surface area (Å²) < 4.78 is 96.6. The van der Waals surface area contributed by atoms with Gasteiger partial charge in [-0.2, -0.15) is 8.78 Å². The summed E-state index contributed by atoms with van der Waals surface area (Å²) in [5.41, 5.74) is -0.558. The van der Waals surface area contributed by atoms with Gasteiger partial charge in [-0.05, 0) is 164 Å². The lowest BCUT2D eigenvalue weighted by molar-refractivity contribution is -0.163. The number of ether oxygens (including phenoxy) is 2. The van der Waals surface area contributed by atoms with Gasteiger partial charge in [0.1, 0.15) is 29.9 Å². The van der Waals surface area contributed by atoms with Gasteiger partial charge in [0.15, 0.2) is 11.6 Å². The van der Waals surface area contributed by atoms with Gasteiger partial charge in [-0.3, -0.25) is 71.7 Å². The number of nitrogens with one attached hydrogen (secondary N) is 3. The number of carbonyl (C=O) groups excluding carboxylic acids is 11. The summed E-state index contributed by atoms with van der Waals surface area (Å²) in [5, 5.41) is 7.80. The molecule has 3 aromatic carbocycles. The number of halogens is 4. The largest absolute Gasteiger partial charge is 0.438 e. The normalized spacial score (nSPS) is 19.9. The lowest BCUT2D eigenvalue weighted by atomic mass is 9.91. The molecule has 0 saturated carbocycles. The number of hydrogen-bond donors (Lipinski definition) is 4. The van der Waals surface area contributed by atoms with E-state index in [1.54, 1.807) is 18.2 Å². The van der Waals surface area contributed by atoms with E-state index in [0.717, 1.165) is 35.6 Å². The molecular weight excluding hydrogens is 1360 g/mol. The summed E-state index contributed by atoms with van der Waals surface area (Å²) in [6.07, 6.45) is 2.02. The van der Waals surface area contributed by atoms with Crippen LogP contribution in [0.15, 0.2) is 65.7 Å². The van der Waals surface area contributed by atoms with Crippen molar-refractivity contribution < 1.29 is 93.4 Å². The molecule has 101 heavy (non-hydrogen) atoms. The fraction of sp³-hybridized carbons (Fsp3) is 0.514. The molecule has 0 aliphatic carbocycles. The third-order valence-electron chi connectivity index (χ3n) is 18.3. The fourth-order valence-electron chi connectivity index (χ4n) is 12.5. The van der Waals surface area contributed by atoms with Gasteiger partial charge >= 0.3 is 25.2 Å². The van der Waals surface area contributed by atoms with E-state index in [0.29, 0.717) is 73.0 Å². The Hall–Kier alpha value is -8.75. The van der Waals surface area contributed by atoms with Crippen molar-refractivity contribution in [1.82, 2.24) is 35.6 Å². The van der Waals surface area contributed by atoms with Crippen molar-refractivity contribution in [3.05, 3.63) is 105 Å². The molecule has 1 unspecified atom stereocenters. The number of primary amides is 1. The quantitative estimate of drug-likeness (QED) is 0.0106. The first-order valence-corrected chi connectivity index (χ1v) is 35.7. The van der Waals surface area contributed by atoms with Gasteiger partial charge in [0.25, 0.3) is 23.6 Å². The third-order valence-corrected chi connectivity index (χ3v) is 21.3. The molecule has 5 aliphatic rings. The Morgan fingerprint density at radius 2 is 1.53 bits per heavy atom. The van der Waals surface area contributed by atoms with Gasteiger partial charge < -0.3 is 45.4 Å². The number of nitrogens with two attached hydrogens (primary N) is 1. The van der Waals surface area contributed by atoms with Gasteiger partial charge in [-0.15, -0.1) is 11.3 Å². The maximum atomic E-state index is 16.6. The van der Waals surface area contributed by atoms with Crippen molar-refractivity contribution in [1.29, 1.82) is 0 Å². The van der Waals surface area contributed by atoms with E-state index in [1.165, 1.54) is 74.4 Å². The highest BCUT2D eigenvalue weighted by atomic mass is 32.1. The Morgan fingerprint density at radius 3 is 2.18 bits per heavy atom. The van der Waals surface area contributed by atoms with E-state index >= 15 is 8.78 Å². The van der Waals surface area contributed by atoms with Crippen LogP contribution in [0.2, 0.25) is 0 Å². The molecule has 6 heterocycles. The number of aliphatic imine (C=N–C) groups is 1. The van der Waals surface area contributed by atoms with Crippen LogP contribution in [0.5, 0.6) is 0 Å². The highest BCUT2D eigenvalue weighted by Crippen LogP contribution is 2.67. The van der Waals surface area contributed by atoms with Crippen molar-refractivity contribution >= 4 is 99.8 Å². The Labute approximate surface area is 584 Å². The summed E-state index contributed by atoms with van der Waals surface area (Å²) in [4.78, 5) is 159.